The van der Waals surface area contributed by atoms with E-state index < -0.39 is 6.10 Å². The zero-order valence-corrected chi connectivity index (χ0v) is 13.6. The van der Waals surface area contributed by atoms with Crippen LogP contribution in [0, 0.1) is 5.92 Å². The lowest BCUT2D eigenvalue weighted by Gasteiger charge is -2.15. The van der Waals surface area contributed by atoms with Gasteiger partial charge in [-0.1, -0.05) is 41.4 Å². The molecule has 1 aliphatic carbocycles. The highest BCUT2D eigenvalue weighted by molar-refractivity contribution is 6.42. The largest absolute Gasteiger partial charge is 0.489 e. The van der Waals surface area contributed by atoms with E-state index in [0.717, 1.165) is 12.8 Å². The molecule has 22 heavy (non-hydrogen) atoms. The van der Waals surface area contributed by atoms with E-state index >= 15 is 0 Å². The summed E-state index contributed by atoms with van der Waals surface area (Å²) < 4.78 is 5.42. The van der Waals surface area contributed by atoms with Gasteiger partial charge in [0.25, 0.3) is 0 Å². The first-order valence-corrected chi connectivity index (χ1v) is 8.00. The Hall–Kier alpha value is -1.23. The highest BCUT2D eigenvalue weighted by Gasteiger charge is 2.15. The molecule has 0 spiro atoms. The van der Waals surface area contributed by atoms with Crippen LogP contribution < -0.4 is 10.1 Å². The number of rotatable bonds is 7. The first-order chi connectivity index (χ1) is 10.6. The Morgan fingerprint density at radius 2 is 2.27 bits per heavy atom. The van der Waals surface area contributed by atoms with Gasteiger partial charge in [0, 0.05) is 13.0 Å². The van der Waals surface area contributed by atoms with Gasteiger partial charge in [0.15, 0.2) is 0 Å². The third kappa shape index (κ3) is 5.20. The first-order valence-electron chi connectivity index (χ1n) is 7.24. The van der Waals surface area contributed by atoms with Crippen molar-refractivity contribution >= 4 is 29.1 Å². The molecule has 2 atom stereocenters. The van der Waals surface area contributed by atoms with Gasteiger partial charge in [0.05, 0.1) is 5.02 Å². The lowest BCUT2D eigenvalue weighted by Crippen LogP contribution is -2.35. The molecule has 0 heterocycles. The molecular weight excluding hydrogens is 325 g/mol. The maximum atomic E-state index is 11.7. The Morgan fingerprint density at radius 1 is 1.45 bits per heavy atom. The molecule has 0 aliphatic heterocycles. The van der Waals surface area contributed by atoms with Crippen molar-refractivity contribution < 1.29 is 14.6 Å². The van der Waals surface area contributed by atoms with E-state index in [0.29, 0.717) is 28.1 Å². The minimum absolute atomic E-state index is 0.0314. The molecule has 2 N–H and O–H groups in total. The van der Waals surface area contributed by atoms with Crippen LogP contribution >= 0.6 is 23.2 Å². The predicted octanol–water partition coefficient (Wildman–Crippen LogP) is 3.21. The summed E-state index contributed by atoms with van der Waals surface area (Å²) in [5.74, 6) is 0.672. The van der Waals surface area contributed by atoms with Crippen LogP contribution in [0.15, 0.2) is 30.4 Å². The molecule has 1 aliphatic rings. The van der Waals surface area contributed by atoms with Crippen LogP contribution in [0.1, 0.15) is 19.3 Å². The smallest absolute Gasteiger partial charge is 0.220 e. The number of hydrogen-bond donors (Lipinski definition) is 2. The molecule has 1 aromatic rings. The molecule has 1 amide bonds. The van der Waals surface area contributed by atoms with Crippen molar-refractivity contribution in [2.45, 2.75) is 25.4 Å². The van der Waals surface area contributed by atoms with Crippen LogP contribution in [0.4, 0.5) is 0 Å². The molecule has 2 rings (SSSR count). The number of ether oxygens (including phenoxy) is 1. The molecule has 0 saturated carbocycles. The molecule has 0 aromatic heterocycles. The summed E-state index contributed by atoms with van der Waals surface area (Å²) in [4.78, 5) is 11.7. The molecular formula is C16H19Cl2NO3. The van der Waals surface area contributed by atoms with Gasteiger partial charge < -0.3 is 15.2 Å². The topological polar surface area (TPSA) is 58.6 Å². The third-order valence-electron chi connectivity index (χ3n) is 3.44. The molecule has 0 bridgehead atoms. The lowest BCUT2D eigenvalue weighted by molar-refractivity contribution is -0.122. The first kappa shape index (κ1) is 17.1. The summed E-state index contributed by atoms with van der Waals surface area (Å²) in [6.45, 7) is 0.178. The lowest BCUT2D eigenvalue weighted by atomic mass is 10.1. The van der Waals surface area contributed by atoms with Crippen LogP contribution in [0.2, 0.25) is 10.0 Å². The number of aliphatic hydroxyl groups excluding tert-OH is 1. The normalized spacial score (nSPS) is 18.2. The maximum Gasteiger partial charge on any atom is 0.220 e. The van der Waals surface area contributed by atoms with E-state index in [4.69, 9.17) is 27.9 Å². The monoisotopic (exact) mass is 343 g/mol. The van der Waals surface area contributed by atoms with Gasteiger partial charge in [-0.25, -0.2) is 0 Å². The SMILES string of the molecule is O=C(C[C@H]1C=CCC1)NC[C@H](O)COc1cccc(Cl)c1Cl. The maximum absolute atomic E-state index is 11.7. The van der Waals surface area contributed by atoms with Gasteiger partial charge in [-0.3, -0.25) is 4.79 Å². The van der Waals surface area contributed by atoms with E-state index in [1.165, 1.54) is 0 Å². The van der Waals surface area contributed by atoms with Gasteiger partial charge in [-0.15, -0.1) is 0 Å². The average Bonchev–Trinajstić information content (AvgIpc) is 2.99. The Morgan fingerprint density at radius 3 is 3.00 bits per heavy atom. The van der Waals surface area contributed by atoms with Gasteiger partial charge in [-0.05, 0) is 30.9 Å². The van der Waals surface area contributed by atoms with Crippen LogP contribution in [-0.4, -0.2) is 30.3 Å². The Balaban J connectivity index is 1.69. The number of benzene rings is 1. The summed E-state index contributed by atoms with van der Waals surface area (Å²) in [6, 6.07) is 5.05. The van der Waals surface area contributed by atoms with E-state index in [-0.39, 0.29) is 19.1 Å². The second-order valence-electron chi connectivity index (χ2n) is 5.29. The second kappa shape index (κ2) is 8.42. The van der Waals surface area contributed by atoms with Crippen LogP contribution in [0.25, 0.3) is 0 Å². The molecule has 0 saturated heterocycles. The van der Waals surface area contributed by atoms with Crippen molar-refractivity contribution in [3.05, 3.63) is 40.4 Å². The highest BCUT2D eigenvalue weighted by atomic mass is 35.5. The van der Waals surface area contributed by atoms with Crippen molar-refractivity contribution in [2.24, 2.45) is 5.92 Å². The van der Waals surface area contributed by atoms with E-state index in [2.05, 4.69) is 17.5 Å². The fourth-order valence-corrected chi connectivity index (χ4v) is 2.59. The van der Waals surface area contributed by atoms with Crippen molar-refractivity contribution in [2.75, 3.05) is 13.2 Å². The molecule has 0 fully saturated rings. The van der Waals surface area contributed by atoms with Crippen molar-refractivity contribution in [3.8, 4) is 5.75 Å². The van der Waals surface area contributed by atoms with Crippen molar-refractivity contribution in [3.63, 3.8) is 0 Å². The molecule has 1 aromatic carbocycles. The Labute approximate surface area is 140 Å². The molecule has 6 heteroatoms. The van der Waals surface area contributed by atoms with Gasteiger partial charge >= 0.3 is 0 Å². The summed E-state index contributed by atoms with van der Waals surface area (Å²) in [7, 11) is 0. The fourth-order valence-electron chi connectivity index (χ4n) is 2.25. The van der Waals surface area contributed by atoms with E-state index in [1.807, 2.05) is 0 Å². The standard InChI is InChI=1S/C16H19Cl2NO3/c17-13-6-3-7-14(16(13)18)22-10-12(20)9-19-15(21)8-11-4-1-2-5-11/h1,3-4,6-7,11-12,20H,2,5,8-10H2,(H,19,21)/t11-,12-/m0/s1. The number of hydrogen-bond acceptors (Lipinski definition) is 3. The van der Waals surface area contributed by atoms with Crippen molar-refractivity contribution in [1.82, 2.24) is 5.32 Å². The molecule has 0 radical (unpaired) electrons. The van der Waals surface area contributed by atoms with Gasteiger partial charge in [0.2, 0.25) is 5.91 Å². The number of nitrogens with one attached hydrogen (secondary N) is 1. The zero-order chi connectivity index (χ0) is 15.9. The molecule has 0 unspecified atom stereocenters. The summed E-state index contributed by atoms with van der Waals surface area (Å²) >= 11 is 11.9. The molecule has 4 nitrogen and oxygen atoms in total. The Kier molecular flexibility index (Phi) is 6.55. The minimum atomic E-state index is -0.807. The zero-order valence-electron chi connectivity index (χ0n) is 12.1. The number of carbonyl (C=O) groups excluding carboxylic acids is 1. The third-order valence-corrected chi connectivity index (χ3v) is 4.24. The number of aliphatic hydroxyl groups is 1. The highest BCUT2D eigenvalue weighted by Crippen LogP contribution is 2.31. The summed E-state index contributed by atoms with van der Waals surface area (Å²) in [5, 5.41) is 13.3. The van der Waals surface area contributed by atoms with Crippen LogP contribution in [-0.2, 0) is 4.79 Å². The number of carbonyl (C=O) groups is 1. The van der Waals surface area contributed by atoms with Crippen LogP contribution in [0.3, 0.4) is 0 Å². The van der Waals surface area contributed by atoms with Gasteiger partial charge in [0.1, 0.15) is 23.5 Å². The van der Waals surface area contributed by atoms with Crippen molar-refractivity contribution in [1.29, 1.82) is 0 Å². The van der Waals surface area contributed by atoms with Gasteiger partial charge in [-0.2, -0.15) is 0 Å². The number of amides is 1. The molecule has 120 valence electrons. The predicted molar refractivity (Wildman–Crippen MR) is 87.5 cm³/mol. The minimum Gasteiger partial charge on any atom is -0.489 e. The average molecular weight is 344 g/mol. The summed E-state index contributed by atoms with van der Waals surface area (Å²) in [6.07, 6.45) is 5.87. The quantitative estimate of drug-likeness (QED) is 0.747. The van der Waals surface area contributed by atoms with E-state index in [1.54, 1.807) is 18.2 Å². The Bertz CT molecular complexity index is 548. The summed E-state index contributed by atoms with van der Waals surface area (Å²) in [5.41, 5.74) is 0. The fraction of sp³-hybridized carbons (Fsp3) is 0.438. The second-order valence-corrected chi connectivity index (χ2v) is 6.08. The van der Waals surface area contributed by atoms with Crippen LogP contribution in [0.5, 0.6) is 5.75 Å². The number of halogens is 2. The number of allylic oxidation sites excluding steroid dienone is 2. The van der Waals surface area contributed by atoms with E-state index in [9.17, 15) is 9.90 Å².